The average molecular weight is 420 g/mol. The predicted molar refractivity (Wildman–Crippen MR) is 111 cm³/mol. The molecule has 0 radical (unpaired) electrons. The Morgan fingerprint density at radius 3 is 2.72 bits per heavy atom. The quantitative estimate of drug-likeness (QED) is 0.437. The molecule has 1 aromatic carbocycles. The van der Waals surface area contributed by atoms with Crippen LogP contribution < -0.4 is 5.32 Å². The molecule has 1 aliphatic heterocycles. The Morgan fingerprint density at radius 1 is 1.34 bits per heavy atom. The van der Waals surface area contributed by atoms with Gasteiger partial charge >= 0.3 is 5.97 Å². The number of benzene rings is 1. The first-order chi connectivity index (χ1) is 14.1. The highest BCUT2D eigenvalue weighted by Crippen LogP contribution is 2.20. The molecule has 8 nitrogen and oxygen atoms in total. The molecule has 0 amide bonds. The first kappa shape index (κ1) is 21.1. The van der Waals surface area contributed by atoms with E-state index in [0.29, 0.717) is 29.7 Å². The molecule has 3 rings (SSSR count). The van der Waals surface area contributed by atoms with Crippen LogP contribution in [0, 0.1) is 5.92 Å². The van der Waals surface area contributed by atoms with E-state index in [2.05, 4.69) is 25.3 Å². The number of rotatable bonds is 6. The van der Waals surface area contributed by atoms with E-state index >= 15 is 0 Å². The summed E-state index contributed by atoms with van der Waals surface area (Å²) in [4.78, 5) is 23.0. The Labute approximate surface area is 175 Å². The SMILES string of the molecule is CCNC(=NCCc1nc(-c2ccc(Cl)cc2)no1)N1CCC(C(=O)OC)CC1. The monoisotopic (exact) mass is 419 g/mol. The third kappa shape index (κ3) is 5.69. The number of hydrogen-bond acceptors (Lipinski definition) is 6. The van der Waals surface area contributed by atoms with Crippen molar-refractivity contribution in [3.05, 3.63) is 35.2 Å². The molecule has 1 N–H and O–H groups in total. The number of nitrogens with one attached hydrogen (secondary N) is 1. The fourth-order valence-electron chi connectivity index (χ4n) is 3.25. The number of esters is 1. The summed E-state index contributed by atoms with van der Waals surface area (Å²) in [6, 6.07) is 7.30. The van der Waals surface area contributed by atoms with E-state index in [1.54, 1.807) is 12.1 Å². The summed E-state index contributed by atoms with van der Waals surface area (Å²) in [5.41, 5.74) is 0.856. The molecule has 0 spiro atoms. The fourth-order valence-corrected chi connectivity index (χ4v) is 3.38. The molecule has 0 aliphatic carbocycles. The highest BCUT2D eigenvalue weighted by atomic mass is 35.5. The lowest BCUT2D eigenvalue weighted by atomic mass is 9.97. The van der Waals surface area contributed by atoms with E-state index in [4.69, 9.17) is 20.9 Å². The number of nitrogens with zero attached hydrogens (tertiary/aromatic N) is 4. The van der Waals surface area contributed by atoms with Gasteiger partial charge in [0.05, 0.1) is 19.6 Å². The van der Waals surface area contributed by atoms with Crippen LogP contribution in [0.1, 0.15) is 25.7 Å². The summed E-state index contributed by atoms with van der Waals surface area (Å²) in [6.07, 6.45) is 2.09. The second-order valence-electron chi connectivity index (χ2n) is 6.79. The number of aliphatic imine (C=N–C) groups is 1. The molecule has 2 heterocycles. The Balaban J connectivity index is 1.56. The summed E-state index contributed by atoms with van der Waals surface area (Å²) in [6.45, 7) is 4.88. The zero-order chi connectivity index (χ0) is 20.6. The Morgan fingerprint density at radius 2 is 2.07 bits per heavy atom. The number of ether oxygens (including phenoxy) is 1. The van der Waals surface area contributed by atoms with E-state index in [9.17, 15) is 4.79 Å². The molecule has 156 valence electrons. The van der Waals surface area contributed by atoms with E-state index in [1.165, 1.54) is 7.11 Å². The summed E-state index contributed by atoms with van der Waals surface area (Å²) >= 11 is 5.91. The van der Waals surface area contributed by atoms with Crippen molar-refractivity contribution in [1.82, 2.24) is 20.4 Å². The number of carbonyl (C=O) groups excluding carboxylic acids is 1. The van der Waals surface area contributed by atoms with E-state index in [0.717, 1.165) is 44.0 Å². The third-order valence-electron chi connectivity index (χ3n) is 4.82. The van der Waals surface area contributed by atoms with Crippen LogP contribution in [-0.4, -0.2) is 60.3 Å². The molecule has 0 unspecified atom stereocenters. The fraction of sp³-hybridized carbons (Fsp3) is 0.500. The minimum atomic E-state index is -0.125. The van der Waals surface area contributed by atoms with Gasteiger partial charge in [0, 0.05) is 36.6 Å². The minimum Gasteiger partial charge on any atom is -0.469 e. The van der Waals surface area contributed by atoms with Crippen LogP contribution in [0.3, 0.4) is 0 Å². The molecular weight excluding hydrogens is 394 g/mol. The molecular formula is C20H26ClN5O3. The van der Waals surface area contributed by atoms with Crippen LogP contribution in [-0.2, 0) is 16.0 Å². The molecule has 2 aromatic rings. The second kappa shape index (κ2) is 10.2. The first-order valence-electron chi connectivity index (χ1n) is 9.80. The van der Waals surface area contributed by atoms with E-state index in [1.807, 2.05) is 19.1 Å². The number of aromatic nitrogens is 2. The van der Waals surface area contributed by atoms with Crippen LogP contribution >= 0.6 is 11.6 Å². The smallest absolute Gasteiger partial charge is 0.308 e. The van der Waals surface area contributed by atoms with Crippen molar-refractivity contribution < 1.29 is 14.1 Å². The lowest BCUT2D eigenvalue weighted by molar-refractivity contribution is -0.146. The maximum atomic E-state index is 11.7. The molecule has 1 fully saturated rings. The summed E-state index contributed by atoms with van der Waals surface area (Å²) in [5, 5.41) is 8.00. The van der Waals surface area contributed by atoms with Crippen molar-refractivity contribution in [2.24, 2.45) is 10.9 Å². The van der Waals surface area contributed by atoms with Gasteiger partial charge in [-0.3, -0.25) is 9.79 Å². The highest BCUT2D eigenvalue weighted by Gasteiger charge is 2.26. The third-order valence-corrected chi connectivity index (χ3v) is 5.07. The lowest BCUT2D eigenvalue weighted by Gasteiger charge is -2.33. The number of carbonyl (C=O) groups is 1. The van der Waals surface area contributed by atoms with Crippen molar-refractivity contribution in [3.63, 3.8) is 0 Å². The van der Waals surface area contributed by atoms with Gasteiger partial charge in [-0.25, -0.2) is 0 Å². The van der Waals surface area contributed by atoms with Gasteiger partial charge in [-0.1, -0.05) is 16.8 Å². The predicted octanol–water partition coefficient (Wildman–Crippen LogP) is 2.78. The summed E-state index contributed by atoms with van der Waals surface area (Å²) < 4.78 is 10.2. The number of likely N-dealkylation sites (tertiary alicyclic amines) is 1. The second-order valence-corrected chi connectivity index (χ2v) is 7.23. The molecule has 0 bridgehead atoms. The van der Waals surface area contributed by atoms with Crippen molar-refractivity contribution in [2.45, 2.75) is 26.2 Å². The van der Waals surface area contributed by atoms with Gasteiger partial charge < -0.3 is 19.5 Å². The van der Waals surface area contributed by atoms with Gasteiger partial charge in [0.15, 0.2) is 5.96 Å². The van der Waals surface area contributed by atoms with Gasteiger partial charge in [0.25, 0.3) is 0 Å². The lowest BCUT2D eigenvalue weighted by Crippen LogP contribution is -2.46. The molecule has 29 heavy (non-hydrogen) atoms. The zero-order valence-electron chi connectivity index (χ0n) is 16.7. The normalized spacial score (nSPS) is 15.4. The van der Waals surface area contributed by atoms with Crippen molar-refractivity contribution in [3.8, 4) is 11.4 Å². The standard InChI is InChI=1S/C20H26ClN5O3/c1-3-22-20(26-12-9-15(10-13-26)19(27)28-2)23-11-8-17-24-18(25-29-17)14-4-6-16(21)7-5-14/h4-7,15H,3,8-13H2,1-2H3,(H,22,23). The number of piperidine rings is 1. The van der Waals surface area contributed by atoms with Gasteiger partial charge in [-0.15, -0.1) is 0 Å². The number of methoxy groups -OCH3 is 1. The molecule has 0 saturated carbocycles. The maximum Gasteiger partial charge on any atom is 0.308 e. The zero-order valence-corrected chi connectivity index (χ0v) is 17.5. The molecule has 1 aromatic heterocycles. The summed E-state index contributed by atoms with van der Waals surface area (Å²) in [5.74, 6) is 1.77. The van der Waals surface area contributed by atoms with Crippen LogP contribution in [0.5, 0.6) is 0 Å². The van der Waals surface area contributed by atoms with Crippen LogP contribution in [0.2, 0.25) is 5.02 Å². The molecule has 1 saturated heterocycles. The Hall–Kier alpha value is -2.61. The van der Waals surface area contributed by atoms with Crippen LogP contribution in [0.4, 0.5) is 0 Å². The van der Waals surface area contributed by atoms with E-state index < -0.39 is 0 Å². The maximum absolute atomic E-state index is 11.7. The Bertz CT molecular complexity index is 829. The summed E-state index contributed by atoms with van der Waals surface area (Å²) in [7, 11) is 1.44. The number of halogens is 1. The van der Waals surface area contributed by atoms with Crippen molar-refractivity contribution in [1.29, 1.82) is 0 Å². The largest absolute Gasteiger partial charge is 0.469 e. The van der Waals surface area contributed by atoms with Crippen molar-refractivity contribution in [2.75, 3.05) is 33.3 Å². The van der Waals surface area contributed by atoms with Crippen LogP contribution in [0.15, 0.2) is 33.8 Å². The van der Waals surface area contributed by atoms with Crippen molar-refractivity contribution >= 4 is 23.5 Å². The van der Waals surface area contributed by atoms with Gasteiger partial charge in [-0.2, -0.15) is 4.98 Å². The van der Waals surface area contributed by atoms with Gasteiger partial charge in [0.1, 0.15) is 0 Å². The molecule has 9 heteroatoms. The highest BCUT2D eigenvalue weighted by molar-refractivity contribution is 6.30. The Kier molecular flexibility index (Phi) is 7.46. The first-order valence-corrected chi connectivity index (χ1v) is 10.2. The number of guanidine groups is 1. The topological polar surface area (TPSA) is 92.9 Å². The average Bonchev–Trinajstić information content (AvgIpc) is 3.22. The van der Waals surface area contributed by atoms with Gasteiger partial charge in [-0.05, 0) is 44.0 Å². The van der Waals surface area contributed by atoms with Gasteiger partial charge in [0.2, 0.25) is 11.7 Å². The molecule has 0 atom stereocenters. The minimum absolute atomic E-state index is 0.0243. The van der Waals surface area contributed by atoms with E-state index in [-0.39, 0.29) is 11.9 Å². The number of hydrogen-bond donors (Lipinski definition) is 1. The molecule has 1 aliphatic rings. The van der Waals surface area contributed by atoms with Crippen LogP contribution in [0.25, 0.3) is 11.4 Å².